The van der Waals surface area contributed by atoms with Crippen molar-refractivity contribution >= 4 is 39.2 Å². The highest BCUT2D eigenvalue weighted by Crippen LogP contribution is 2.27. The molecule has 0 unspecified atom stereocenters. The van der Waals surface area contributed by atoms with E-state index in [1.54, 1.807) is 24.3 Å². The van der Waals surface area contributed by atoms with Gasteiger partial charge in [0.25, 0.3) is 5.56 Å². The van der Waals surface area contributed by atoms with Gasteiger partial charge in [0.1, 0.15) is 5.52 Å². The lowest BCUT2D eigenvalue weighted by Gasteiger charge is -1.98. The van der Waals surface area contributed by atoms with E-state index in [9.17, 15) is 4.79 Å². The largest absolute Gasteiger partial charge is 0.438 e. The molecule has 19 heavy (non-hydrogen) atoms. The summed E-state index contributed by atoms with van der Waals surface area (Å²) in [5.74, 6) is 0. The van der Waals surface area contributed by atoms with Gasteiger partial charge in [0.2, 0.25) is 5.71 Å². The molecule has 0 N–H and O–H groups in total. The molecule has 0 spiro atoms. The van der Waals surface area contributed by atoms with Gasteiger partial charge in [-0.3, -0.25) is 4.79 Å². The number of pyridine rings is 1. The van der Waals surface area contributed by atoms with Crippen LogP contribution in [0.1, 0.15) is 0 Å². The van der Waals surface area contributed by atoms with Gasteiger partial charge < -0.3 is 4.42 Å². The first-order valence-electron chi connectivity index (χ1n) is 5.87. The summed E-state index contributed by atoms with van der Waals surface area (Å²) in [6.07, 6.45) is 0. The van der Waals surface area contributed by atoms with E-state index in [0.29, 0.717) is 27.2 Å². The molecule has 0 radical (unpaired) electrons. The van der Waals surface area contributed by atoms with E-state index >= 15 is 0 Å². The maximum Gasteiger partial charge on any atom is 0.265 e. The van der Waals surface area contributed by atoms with Crippen LogP contribution in [-0.4, -0.2) is 4.40 Å². The number of halogens is 1. The van der Waals surface area contributed by atoms with Crippen molar-refractivity contribution in [1.29, 1.82) is 0 Å². The van der Waals surface area contributed by atoms with E-state index in [1.807, 2.05) is 24.3 Å². The van der Waals surface area contributed by atoms with Crippen molar-refractivity contribution in [2.24, 2.45) is 0 Å². The molecule has 0 fully saturated rings. The molecule has 0 amide bonds. The Balaban J connectivity index is 2.39. The van der Waals surface area contributed by atoms with Crippen molar-refractivity contribution in [2.45, 2.75) is 0 Å². The van der Waals surface area contributed by atoms with E-state index in [4.69, 9.17) is 16.0 Å². The summed E-state index contributed by atoms with van der Waals surface area (Å²) < 4.78 is 7.23. The van der Waals surface area contributed by atoms with Gasteiger partial charge in [-0.15, -0.1) is 0 Å². The third-order valence-electron chi connectivity index (χ3n) is 3.28. The number of benzene rings is 2. The Morgan fingerprint density at radius 1 is 1.05 bits per heavy atom. The van der Waals surface area contributed by atoms with Gasteiger partial charge in [-0.1, -0.05) is 35.9 Å². The summed E-state index contributed by atoms with van der Waals surface area (Å²) in [6, 6.07) is 14.7. The second-order valence-corrected chi connectivity index (χ2v) is 4.81. The molecular weight excluding hydrogens is 262 g/mol. The van der Waals surface area contributed by atoms with Crippen LogP contribution in [-0.2, 0) is 0 Å². The number of hydrogen-bond donors (Lipinski definition) is 0. The van der Waals surface area contributed by atoms with Crippen LogP contribution in [0.15, 0.2) is 57.7 Å². The number of fused-ring (bicyclic) bond motifs is 4. The molecule has 4 rings (SSSR count). The summed E-state index contributed by atoms with van der Waals surface area (Å²) in [5, 5.41) is 2.03. The van der Waals surface area contributed by atoms with Gasteiger partial charge in [-0.05, 0) is 23.6 Å². The Hall–Kier alpha value is -2.26. The zero-order chi connectivity index (χ0) is 13.0. The molecule has 4 aromatic rings. The summed E-state index contributed by atoms with van der Waals surface area (Å²) in [4.78, 5) is 12.6. The van der Waals surface area contributed by atoms with Crippen LogP contribution in [0, 0.1) is 0 Å². The fraction of sp³-hybridized carbons (Fsp3) is 0. The van der Waals surface area contributed by atoms with Gasteiger partial charge in [0, 0.05) is 11.5 Å². The summed E-state index contributed by atoms with van der Waals surface area (Å²) in [5.41, 5.74) is 1.63. The number of hydrogen-bond acceptors (Lipinski definition) is 2. The van der Waals surface area contributed by atoms with Gasteiger partial charge in [0.05, 0.1) is 5.02 Å². The maximum atomic E-state index is 12.6. The molecule has 3 nitrogen and oxygen atoms in total. The van der Waals surface area contributed by atoms with Crippen molar-refractivity contribution in [3.8, 4) is 0 Å². The van der Waals surface area contributed by atoms with E-state index < -0.39 is 0 Å². The smallest absolute Gasteiger partial charge is 0.265 e. The highest BCUT2D eigenvalue weighted by Gasteiger charge is 2.13. The van der Waals surface area contributed by atoms with Crippen LogP contribution in [0.25, 0.3) is 27.6 Å². The molecule has 0 atom stereocenters. The molecule has 0 saturated heterocycles. The zero-order valence-corrected chi connectivity index (χ0v) is 10.5. The topological polar surface area (TPSA) is 34.6 Å². The Labute approximate surface area is 112 Å². The van der Waals surface area contributed by atoms with E-state index in [2.05, 4.69) is 0 Å². The molecule has 2 aromatic heterocycles. The average Bonchev–Trinajstić information content (AvgIpc) is 2.79. The first-order valence-corrected chi connectivity index (χ1v) is 6.25. The normalized spacial score (nSPS) is 11.6. The minimum Gasteiger partial charge on any atom is -0.438 e. The van der Waals surface area contributed by atoms with Crippen LogP contribution < -0.4 is 5.56 Å². The maximum absolute atomic E-state index is 12.6. The first-order chi connectivity index (χ1) is 9.25. The van der Waals surface area contributed by atoms with Crippen LogP contribution in [0.5, 0.6) is 0 Å². The quantitative estimate of drug-likeness (QED) is 0.486. The molecular formula is C15H8ClNO2. The lowest BCUT2D eigenvalue weighted by atomic mass is 10.2. The molecule has 2 aromatic carbocycles. The highest BCUT2D eigenvalue weighted by molar-refractivity contribution is 6.35. The predicted octanol–water partition coefficient (Wildman–Crippen LogP) is 3.85. The minimum absolute atomic E-state index is 0.111. The fourth-order valence-electron chi connectivity index (χ4n) is 2.43. The van der Waals surface area contributed by atoms with Gasteiger partial charge in [-0.2, -0.15) is 0 Å². The van der Waals surface area contributed by atoms with Crippen molar-refractivity contribution in [1.82, 2.24) is 4.40 Å². The number of oxazole rings is 1. The Morgan fingerprint density at radius 3 is 2.79 bits per heavy atom. The average molecular weight is 270 g/mol. The summed E-state index contributed by atoms with van der Waals surface area (Å²) in [6.45, 7) is 0. The predicted molar refractivity (Wildman–Crippen MR) is 76.0 cm³/mol. The lowest BCUT2D eigenvalue weighted by molar-refractivity contribution is 0.653. The van der Waals surface area contributed by atoms with Crippen LogP contribution >= 0.6 is 11.6 Å². The van der Waals surface area contributed by atoms with E-state index in [-0.39, 0.29) is 5.56 Å². The SMILES string of the molecule is O=c1c2ccccc2cc2oc3cccc(Cl)c3n12. The number of rotatable bonds is 0. The Bertz CT molecular complexity index is 997. The monoisotopic (exact) mass is 269 g/mol. The third-order valence-corrected chi connectivity index (χ3v) is 3.59. The van der Waals surface area contributed by atoms with Crippen molar-refractivity contribution in [3.05, 3.63) is 63.9 Å². The van der Waals surface area contributed by atoms with Gasteiger partial charge in [-0.25, -0.2) is 4.40 Å². The third kappa shape index (κ3) is 1.36. The number of aromatic nitrogens is 1. The van der Waals surface area contributed by atoms with Crippen molar-refractivity contribution in [3.63, 3.8) is 0 Å². The summed E-state index contributed by atoms with van der Waals surface area (Å²) in [7, 11) is 0. The molecule has 0 bridgehead atoms. The van der Waals surface area contributed by atoms with Crippen LogP contribution in [0.4, 0.5) is 0 Å². The number of para-hydroxylation sites is 1. The van der Waals surface area contributed by atoms with Crippen LogP contribution in [0.2, 0.25) is 5.02 Å². The van der Waals surface area contributed by atoms with Gasteiger partial charge in [0.15, 0.2) is 5.58 Å². The van der Waals surface area contributed by atoms with Gasteiger partial charge >= 0.3 is 0 Å². The molecule has 2 heterocycles. The second kappa shape index (κ2) is 3.62. The molecule has 0 saturated carbocycles. The van der Waals surface area contributed by atoms with Crippen LogP contribution in [0.3, 0.4) is 0 Å². The van der Waals surface area contributed by atoms with Crippen molar-refractivity contribution in [2.75, 3.05) is 0 Å². The molecule has 4 heteroatoms. The molecule has 0 aliphatic carbocycles. The highest BCUT2D eigenvalue weighted by atomic mass is 35.5. The summed E-state index contributed by atoms with van der Waals surface area (Å²) >= 11 is 6.18. The van der Waals surface area contributed by atoms with E-state index in [0.717, 1.165) is 5.39 Å². The van der Waals surface area contributed by atoms with E-state index in [1.165, 1.54) is 4.40 Å². The first kappa shape index (κ1) is 10.6. The Kier molecular flexibility index (Phi) is 2.03. The molecule has 0 aliphatic heterocycles. The van der Waals surface area contributed by atoms with Crippen molar-refractivity contribution < 1.29 is 4.42 Å². The lowest BCUT2D eigenvalue weighted by Crippen LogP contribution is -2.12. The zero-order valence-electron chi connectivity index (χ0n) is 9.76. The second-order valence-electron chi connectivity index (χ2n) is 4.40. The Morgan fingerprint density at radius 2 is 1.89 bits per heavy atom. The molecule has 92 valence electrons. The number of nitrogens with zero attached hydrogens (tertiary/aromatic N) is 1. The fourth-order valence-corrected chi connectivity index (χ4v) is 2.68. The minimum atomic E-state index is -0.111. The standard InChI is InChI=1S/C15H8ClNO2/c16-11-6-3-7-12-14(11)17-13(19-12)8-9-4-1-2-5-10(9)15(17)18/h1-8H. The molecule has 0 aliphatic rings.